The molecule has 1 aromatic carbocycles. The van der Waals surface area contributed by atoms with Gasteiger partial charge in [-0.3, -0.25) is 4.90 Å². The summed E-state index contributed by atoms with van der Waals surface area (Å²) in [5.41, 5.74) is 1.13. The van der Waals surface area contributed by atoms with Gasteiger partial charge in [-0.15, -0.1) is 11.6 Å². The molecule has 1 atom stereocenters. The van der Waals surface area contributed by atoms with E-state index in [1.165, 1.54) is 0 Å². The predicted octanol–water partition coefficient (Wildman–Crippen LogP) is 1.43. The highest BCUT2D eigenvalue weighted by atomic mass is 35.5. The molecule has 0 saturated carbocycles. The summed E-state index contributed by atoms with van der Waals surface area (Å²) in [5.74, 6) is 1.77. The molecule has 1 unspecified atom stereocenters. The number of β-amino-alcohol motifs (C(OH)–C–C–N with tert-alkyl or cyclic N) is 1. The van der Waals surface area contributed by atoms with Gasteiger partial charge in [0.05, 0.1) is 20.3 Å². The number of benzene rings is 1. The van der Waals surface area contributed by atoms with E-state index in [1.807, 2.05) is 18.2 Å². The van der Waals surface area contributed by atoms with E-state index in [1.54, 1.807) is 14.2 Å². The smallest absolute Gasteiger partial charge is 0.162 e. The normalized spacial score (nSPS) is 17.6. The Bertz CT molecular complexity index is 451. The van der Waals surface area contributed by atoms with Gasteiger partial charge < -0.3 is 19.5 Å². The van der Waals surface area contributed by atoms with Gasteiger partial charge in [0, 0.05) is 50.4 Å². The topological polar surface area (TPSA) is 45.2 Å². The minimum atomic E-state index is -0.445. The zero-order chi connectivity index (χ0) is 15.2. The molecular formula is C15H23ClN2O3. The van der Waals surface area contributed by atoms with Crippen molar-refractivity contribution in [2.75, 3.05) is 57.7 Å². The standard InChI is InChI=1S/C15H23ClN2O3/c1-20-14-4-3-12(9-15(14)21-2)18-7-5-17(6-8-18)11-13(19)10-16/h3-4,9,13,19H,5-8,10-11H2,1-2H3. The van der Waals surface area contributed by atoms with Crippen LogP contribution >= 0.6 is 11.6 Å². The van der Waals surface area contributed by atoms with E-state index in [0.717, 1.165) is 43.4 Å². The molecule has 1 aliphatic heterocycles. The van der Waals surface area contributed by atoms with E-state index < -0.39 is 6.10 Å². The van der Waals surface area contributed by atoms with Crippen molar-refractivity contribution in [3.63, 3.8) is 0 Å². The molecule has 1 aliphatic rings. The molecule has 1 fully saturated rings. The quantitative estimate of drug-likeness (QED) is 0.805. The number of ether oxygens (including phenoxy) is 2. The maximum atomic E-state index is 9.60. The number of aliphatic hydroxyl groups is 1. The Morgan fingerprint density at radius 1 is 1.14 bits per heavy atom. The third-order valence-corrected chi connectivity index (χ3v) is 4.11. The molecule has 0 aliphatic carbocycles. The molecule has 1 aromatic rings. The maximum absolute atomic E-state index is 9.60. The van der Waals surface area contributed by atoms with Crippen molar-refractivity contribution in [1.82, 2.24) is 4.90 Å². The van der Waals surface area contributed by atoms with Crippen LogP contribution in [0.3, 0.4) is 0 Å². The molecule has 0 radical (unpaired) electrons. The Labute approximate surface area is 131 Å². The second-order valence-electron chi connectivity index (χ2n) is 5.14. The zero-order valence-corrected chi connectivity index (χ0v) is 13.3. The van der Waals surface area contributed by atoms with Crippen LogP contribution in [-0.2, 0) is 0 Å². The van der Waals surface area contributed by atoms with Gasteiger partial charge in [-0.25, -0.2) is 0 Å². The first-order valence-corrected chi connectivity index (χ1v) is 7.64. The largest absolute Gasteiger partial charge is 0.493 e. The van der Waals surface area contributed by atoms with Gasteiger partial charge in [-0.1, -0.05) is 0 Å². The molecule has 1 saturated heterocycles. The van der Waals surface area contributed by atoms with Gasteiger partial charge in [-0.05, 0) is 12.1 Å². The highest BCUT2D eigenvalue weighted by Gasteiger charge is 2.20. The van der Waals surface area contributed by atoms with Gasteiger partial charge in [0.1, 0.15) is 0 Å². The molecule has 1 heterocycles. The Balaban J connectivity index is 1.96. The van der Waals surface area contributed by atoms with Crippen LogP contribution < -0.4 is 14.4 Å². The third kappa shape index (κ3) is 4.15. The molecule has 0 spiro atoms. The van der Waals surface area contributed by atoms with E-state index in [4.69, 9.17) is 21.1 Å². The van der Waals surface area contributed by atoms with E-state index in [9.17, 15) is 5.11 Å². The summed E-state index contributed by atoms with van der Waals surface area (Å²) in [6, 6.07) is 5.98. The van der Waals surface area contributed by atoms with Crippen molar-refractivity contribution < 1.29 is 14.6 Å². The maximum Gasteiger partial charge on any atom is 0.162 e. The fraction of sp³-hybridized carbons (Fsp3) is 0.600. The zero-order valence-electron chi connectivity index (χ0n) is 12.6. The van der Waals surface area contributed by atoms with E-state index in [-0.39, 0.29) is 5.88 Å². The Morgan fingerprint density at radius 2 is 1.81 bits per heavy atom. The van der Waals surface area contributed by atoms with Gasteiger partial charge in [-0.2, -0.15) is 0 Å². The summed E-state index contributed by atoms with van der Waals surface area (Å²) < 4.78 is 10.6. The molecule has 1 N–H and O–H groups in total. The summed E-state index contributed by atoms with van der Waals surface area (Å²) in [4.78, 5) is 4.55. The summed E-state index contributed by atoms with van der Waals surface area (Å²) >= 11 is 5.64. The lowest BCUT2D eigenvalue weighted by Gasteiger charge is -2.36. The number of halogens is 1. The first-order valence-electron chi connectivity index (χ1n) is 7.11. The van der Waals surface area contributed by atoms with Crippen molar-refractivity contribution >= 4 is 17.3 Å². The average molecular weight is 315 g/mol. The van der Waals surface area contributed by atoms with E-state index in [2.05, 4.69) is 9.80 Å². The highest BCUT2D eigenvalue weighted by molar-refractivity contribution is 6.18. The van der Waals surface area contributed by atoms with Crippen molar-refractivity contribution in [2.24, 2.45) is 0 Å². The Hall–Kier alpha value is -1.17. The molecule has 0 amide bonds. The van der Waals surface area contributed by atoms with Crippen LogP contribution in [0.2, 0.25) is 0 Å². The van der Waals surface area contributed by atoms with E-state index in [0.29, 0.717) is 6.54 Å². The number of rotatable bonds is 6. The fourth-order valence-electron chi connectivity index (χ4n) is 2.56. The number of aliphatic hydroxyl groups excluding tert-OH is 1. The lowest BCUT2D eigenvalue weighted by molar-refractivity contribution is 0.125. The predicted molar refractivity (Wildman–Crippen MR) is 84.9 cm³/mol. The van der Waals surface area contributed by atoms with Crippen molar-refractivity contribution in [2.45, 2.75) is 6.10 Å². The first kappa shape index (κ1) is 16.2. The molecular weight excluding hydrogens is 292 g/mol. The molecule has 21 heavy (non-hydrogen) atoms. The molecule has 0 aromatic heterocycles. The van der Waals surface area contributed by atoms with Crippen LogP contribution in [0.15, 0.2) is 18.2 Å². The summed E-state index contributed by atoms with van der Waals surface area (Å²) in [6.45, 7) is 4.32. The van der Waals surface area contributed by atoms with Gasteiger partial charge in [0.15, 0.2) is 11.5 Å². The first-order chi connectivity index (χ1) is 10.2. The van der Waals surface area contributed by atoms with Crippen LogP contribution in [-0.4, -0.2) is 68.9 Å². The molecule has 5 nitrogen and oxygen atoms in total. The monoisotopic (exact) mass is 314 g/mol. The third-order valence-electron chi connectivity index (χ3n) is 3.75. The lowest BCUT2D eigenvalue weighted by atomic mass is 10.2. The minimum absolute atomic E-state index is 0.288. The number of nitrogens with zero attached hydrogens (tertiary/aromatic N) is 2. The summed E-state index contributed by atoms with van der Waals surface area (Å²) in [6.07, 6.45) is -0.445. The SMILES string of the molecule is COc1ccc(N2CCN(CC(O)CCl)CC2)cc1OC. The van der Waals surface area contributed by atoms with Gasteiger partial charge >= 0.3 is 0 Å². The number of hydrogen-bond acceptors (Lipinski definition) is 5. The number of hydrogen-bond donors (Lipinski definition) is 1. The van der Waals surface area contributed by atoms with Crippen LogP contribution in [0.25, 0.3) is 0 Å². The van der Waals surface area contributed by atoms with Crippen LogP contribution in [0.1, 0.15) is 0 Å². The molecule has 0 bridgehead atoms. The van der Waals surface area contributed by atoms with Crippen molar-refractivity contribution in [1.29, 1.82) is 0 Å². The summed E-state index contributed by atoms with van der Waals surface area (Å²) in [7, 11) is 3.28. The Kier molecular flexibility index (Phi) is 5.96. The van der Waals surface area contributed by atoms with Crippen LogP contribution in [0.5, 0.6) is 11.5 Å². The second kappa shape index (κ2) is 7.73. The minimum Gasteiger partial charge on any atom is -0.493 e. The second-order valence-corrected chi connectivity index (χ2v) is 5.44. The molecule has 118 valence electrons. The Morgan fingerprint density at radius 3 is 2.38 bits per heavy atom. The molecule has 2 rings (SSSR count). The van der Waals surface area contributed by atoms with Gasteiger partial charge in [0.25, 0.3) is 0 Å². The van der Waals surface area contributed by atoms with Crippen LogP contribution in [0.4, 0.5) is 5.69 Å². The van der Waals surface area contributed by atoms with E-state index >= 15 is 0 Å². The van der Waals surface area contributed by atoms with Gasteiger partial charge in [0.2, 0.25) is 0 Å². The lowest BCUT2D eigenvalue weighted by Crippen LogP contribution is -2.48. The van der Waals surface area contributed by atoms with Crippen LogP contribution in [0, 0.1) is 0 Å². The molecule has 6 heteroatoms. The van der Waals surface area contributed by atoms with Crippen molar-refractivity contribution in [3.8, 4) is 11.5 Å². The number of piperazine rings is 1. The average Bonchev–Trinajstić information content (AvgIpc) is 2.54. The number of methoxy groups -OCH3 is 2. The highest BCUT2D eigenvalue weighted by Crippen LogP contribution is 2.31. The number of alkyl halides is 1. The summed E-state index contributed by atoms with van der Waals surface area (Å²) in [5, 5.41) is 9.60. The number of anilines is 1. The fourth-order valence-corrected chi connectivity index (χ4v) is 2.65. The van der Waals surface area contributed by atoms with Crippen molar-refractivity contribution in [3.05, 3.63) is 18.2 Å².